The molecular formula is C21H20F2N2O4S. The van der Waals surface area contributed by atoms with E-state index in [1.807, 2.05) is 0 Å². The lowest BCUT2D eigenvalue weighted by Crippen LogP contribution is -2.43. The Morgan fingerprint density at radius 3 is 2.63 bits per heavy atom. The molecule has 9 heteroatoms. The minimum atomic E-state index is -2.96. The van der Waals surface area contributed by atoms with Crippen molar-refractivity contribution in [1.82, 2.24) is 4.90 Å². The van der Waals surface area contributed by atoms with Gasteiger partial charge in [0.15, 0.2) is 0 Å². The number of ether oxygens (including phenoxy) is 2. The monoisotopic (exact) mass is 434 g/mol. The summed E-state index contributed by atoms with van der Waals surface area (Å²) in [5, 5.41) is 2.80. The zero-order valence-electron chi connectivity index (χ0n) is 16.1. The van der Waals surface area contributed by atoms with Crippen molar-refractivity contribution >= 4 is 35.3 Å². The van der Waals surface area contributed by atoms with Crippen LogP contribution in [-0.2, 0) is 9.59 Å². The van der Waals surface area contributed by atoms with Gasteiger partial charge in [0.25, 0.3) is 0 Å². The molecule has 1 aliphatic heterocycles. The predicted molar refractivity (Wildman–Crippen MR) is 112 cm³/mol. The van der Waals surface area contributed by atoms with Crippen LogP contribution >= 0.6 is 11.8 Å². The van der Waals surface area contributed by atoms with Gasteiger partial charge in [-0.3, -0.25) is 9.59 Å². The van der Waals surface area contributed by atoms with E-state index in [1.54, 1.807) is 49.6 Å². The molecule has 2 amide bonds. The molecule has 0 aliphatic carbocycles. The second kappa shape index (κ2) is 10.1. The van der Waals surface area contributed by atoms with Gasteiger partial charge in [0.1, 0.15) is 17.5 Å². The summed E-state index contributed by atoms with van der Waals surface area (Å²) in [5.41, 5.74) is 0.941. The maximum absolute atomic E-state index is 12.7. The average Bonchev–Trinajstić information content (AvgIpc) is 3.23. The van der Waals surface area contributed by atoms with E-state index in [1.165, 1.54) is 34.9 Å². The van der Waals surface area contributed by atoms with Crippen LogP contribution in [0.4, 0.5) is 14.5 Å². The van der Waals surface area contributed by atoms with Crippen LogP contribution in [0.3, 0.4) is 0 Å². The van der Waals surface area contributed by atoms with E-state index in [0.717, 1.165) is 0 Å². The summed E-state index contributed by atoms with van der Waals surface area (Å²) in [6, 6.07) is 12.4. The summed E-state index contributed by atoms with van der Waals surface area (Å²) < 4.78 is 34.6. The first-order valence-electron chi connectivity index (χ1n) is 9.03. The molecule has 1 heterocycles. The number of alkyl halides is 2. The van der Waals surface area contributed by atoms with Gasteiger partial charge in [-0.25, -0.2) is 0 Å². The molecule has 0 bridgehead atoms. The number of anilines is 1. The lowest BCUT2D eigenvalue weighted by Gasteiger charge is -2.21. The lowest BCUT2D eigenvalue weighted by atomic mass is 10.2. The summed E-state index contributed by atoms with van der Waals surface area (Å²) in [6.07, 6.45) is 2.66. The fourth-order valence-corrected chi connectivity index (χ4v) is 4.02. The van der Waals surface area contributed by atoms with Gasteiger partial charge in [-0.15, -0.1) is 11.8 Å². The Hall–Kier alpha value is -3.07. The minimum absolute atomic E-state index is 0.0267. The molecule has 0 radical (unpaired) electrons. The zero-order chi connectivity index (χ0) is 21.5. The van der Waals surface area contributed by atoms with Gasteiger partial charge in [-0.2, -0.15) is 8.78 Å². The Kier molecular flexibility index (Phi) is 7.29. The number of hydrogen-bond acceptors (Lipinski definition) is 5. The number of methoxy groups -OCH3 is 1. The van der Waals surface area contributed by atoms with E-state index in [9.17, 15) is 18.4 Å². The van der Waals surface area contributed by atoms with Crippen LogP contribution < -0.4 is 14.8 Å². The lowest BCUT2D eigenvalue weighted by molar-refractivity contribution is -0.132. The molecule has 1 fully saturated rings. The smallest absolute Gasteiger partial charge is 0.387 e. The highest BCUT2D eigenvalue weighted by Crippen LogP contribution is 2.25. The first-order chi connectivity index (χ1) is 14.5. The van der Waals surface area contributed by atoms with Gasteiger partial charge >= 0.3 is 6.61 Å². The van der Waals surface area contributed by atoms with Crippen molar-refractivity contribution in [2.75, 3.05) is 24.1 Å². The van der Waals surface area contributed by atoms with E-state index in [0.29, 0.717) is 28.6 Å². The predicted octanol–water partition coefficient (Wildman–Crippen LogP) is 3.85. The van der Waals surface area contributed by atoms with Gasteiger partial charge in [0, 0.05) is 23.1 Å². The molecule has 1 unspecified atom stereocenters. The van der Waals surface area contributed by atoms with Crippen LogP contribution in [0, 0.1) is 0 Å². The molecule has 158 valence electrons. The first-order valence-corrected chi connectivity index (χ1v) is 10.2. The largest absolute Gasteiger partial charge is 0.497 e. The summed E-state index contributed by atoms with van der Waals surface area (Å²) in [6.45, 7) is -2.96. The fraction of sp³-hybridized carbons (Fsp3) is 0.238. The van der Waals surface area contributed by atoms with Gasteiger partial charge < -0.3 is 19.7 Å². The number of nitrogens with one attached hydrogen (secondary N) is 1. The van der Waals surface area contributed by atoms with E-state index in [-0.39, 0.29) is 17.6 Å². The molecule has 3 rings (SSSR count). The molecule has 0 aromatic heterocycles. The van der Waals surface area contributed by atoms with E-state index in [2.05, 4.69) is 10.1 Å². The zero-order valence-corrected chi connectivity index (χ0v) is 16.9. The van der Waals surface area contributed by atoms with Crippen LogP contribution in [0.1, 0.15) is 5.56 Å². The number of halogens is 2. The van der Waals surface area contributed by atoms with Crippen molar-refractivity contribution in [3.8, 4) is 11.5 Å². The Morgan fingerprint density at radius 1 is 1.20 bits per heavy atom. The highest BCUT2D eigenvalue weighted by atomic mass is 32.2. The van der Waals surface area contributed by atoms with Crippen LogP contribution in [0.5, 0.6) is 11.5 Å². The standard InChI is InChI=1S/C21H20F2N2O4S/c1-28-16-9-7-15(8-10-16)24-20(27)17-12-30-13-25(17)19(26)11-6-14-4-2-3-5-18(14)29-21(22)23/h2-11,17,21H,12-13H2,1H3,(H,24,27)/b11-6+. The molecule has 1 aliphatic rings. The number of benzene rings is 2. The van der Waals surface area contributed by atoms with E-state index < -0.39 is 12.7 Å². The number of carbonyl (C=O) groups is 2. The molecule has 2 aromatic carbocycles. The van der Waals surface area contributed by atoms with Crippen LogP contribution in [0.2, 0.25) is 0 Å². The van der Waals surface area contributed by atoms with Gasteiger partial charge in [0.05, 0.1) is 13.0 Å². The van der Waals surface area contributed by atoms with Crippen molar-refractivity contribution < 1.29 is 27.8 Å². The summed E-state index contributed by atoms with van der Waals surface area (Å²) in [5.74, 6) is 0.782. The molecule has 0 saturated carbocycles. The maximum Gasteiger partial charge on any atom is 0.387 e. The summed E-state index contributed by atoms with van der Waals surface area (Å²) >= 11 is 1.46. The maximum atomic E-state index is 12.7. The number of nitrogens with zero attached hydrogens (tertiary/aromatic N) is 1. The Bertz CT molecular complexity index is 921. The van der Waals surface area contributed by atoms with Crippen molar-refractivity contribution in [2.24, 2.45) is 0 Å². The van der Waals surface area contributed by atoms with Crippen LogP contribution in [-0.4, -0.2) is 48.1 Å². The second-order valence-electron chi connectivity index (χ2n) is 6.29. The molecule has 0 spiro atoms. The molecule has 1 N–H and O–H groups in total. The van der Waals surface area contributed by atoms with E-state index in [4.69, 9.17) is 4.74 Å². The van der Waals surface area contributed by atoms with Gasteiger partial charge in [-0.1, -0.05) is 18.2 Å². The highest BCUT2D eigenvalue weighted by Gasteiger charge is 2.33. The van der Waals surface area contributed by atoms with Crippen molar-refractivity contribution in [3.05, 3.63) is 60.2 Å². The number of rotatable bonds is 7. The third-order valence-corrected chi connectivity index (χ3v) is 5.38. The molecule has 6 nitrogen and oxygen atoms in total. The number of hydrogen-bond donors (Lipinski definition) is 1. The summed E-state index contributed by atoms with van der Waals surface area (Å²) in [7, 11) is 1.55. The molecule has 2 aromatic rings. The average molecular weight is 434 g/mol. The first kappa shape index (κ1) is 21.6. The van der Waals surface area contributed by atoms with Gasteiger partial charge in [-0.05, 0) is 36.4 Å². The van der Waals surface area contributed by atoms with Crippen LogP contribution in [0.15, 0.2) is 54.6 Å². The normalized spacial score (nSPS) is 16.1. The van der Waals surface area contributed by atoms with Gasteiger partial charge in [0.2, 0.25) is 11.8 Å². The third kappa shape index (κ3) is 5.50. The second-order valence-corrected chi connectivity index (χ2v) is 7.29. The number of para-hydroxylation sites is 1. The molecule has 1 saturated heterocycles. The molecule has 30 heavy (non-hydrogen) atoms. The molecule has 1 atom stereocenters. The Balaban J connectivity index is 1.66. The van der Waals surface area contributed by atoms with Crippen molar-refractivity contribution in [3.63, 3.8) is 0 Å². The Labute approximate surface area is 176 Å². The number of thioether (sulfide) groups is 1. The summed E-state index contributed by atoms with van der Waals surface area (Å²) in [4.78, 5) is 26.7. The SMILES string of the molecule is COc1ccc(NC(=O)C2CSCN2C(=O)/C=C/c2ccccc2OC(F)F)cc1. The topological polar surface area (TPSA) is 67.9 Å². The number of carbonyl (C=O) groups excluding carboxylic acids is 2. The fourth-order valence-electron chi connectivity index (χ4n) is 2.86. The van der Waals surface area contributed by atoms with Crippen molar-refractivity contribution in [2.45, 2.75) is 12.7 Å². The van der Waals surface area contributed by atoms with Crippen molar-refractivity contribution in [1.29, 1.82) is 0 Å². The Morgan fingerprint density at radius 2 is 1.93 bits per heavy atom. The number of amides is 2. The third-order valence-electron chi connectivity index (χ3n) is 4.37. The molecular weight excluding hydrogens is 414 g/mol. The van der Waals surface area contributed by atoms with E-state index >= 15 is 0 Å². The van der Waals surface area contributed by atoms with Crippen LogP contribution in [0.25, 0.3) is 6.08 Å². The highest BCUT2D eigenvalue weighted by molar-refractivity contribution is 7.99. The quantitative estimate of drug-likeness (QED) is 0.671. The minimum Gasteiger partial charge on any atom is -0.497 e.